The fraction of sp³-hybridized carbons (Fsp3) is 0.500. The van der Waals surface area contributed by atoms with Gasteiger partial charge >= 0.3 is 5.97 Å². The molecule has 8 heteroatoms. The van der Waals surface area contributed by atoms with E-state index in [2.05, 4.69) is 0 Å². The molecule has 4 N–H and O–H groups in total. The molecule has 120 valence electrons. The molecule has 0 amide bonds. The molecule has 0 saturated carbocycles. The van der Waals surface area contributed by atoms with Crippen molar-refractivity contribution in [1.82, 2.24) is 0 Å². The van der Waals surface area contributed by atoms with Gasteiger partial charge in [-0.2, -0.15) is 0 Å². The van der Waals surface area contributed by atoms with Gasteiger partial charge in [0.25, 0.3) is 0 Å². The van der Waals surface area contributed by atoms with Gasteiger partial charge in [0.1, 0.15) is 42.3 Å². The topological polar surface area (TPSA) is 126 Å². The molecule has 2 aliphatic heterocycles. The maximum absolute atomic E-state index is 11.7. The Morgan fingerprint density at radius 1 is 1.18 bits per heavy atom. The van der Waals surface area contributed by atoms with Crippen LogP contribution in [0.15, 0.2) is 18.2 Å². The molecule has 0 spiro atoms. The molecule has 1 aromatic rings. The van der Waals surface area contributed by atoms with Crippen LogP contribution < -0.4 is 4.74 Å². The van der Waals surface area contributed by atoms with Crippen LogP contribution in [-0.4, -0.2) is 63.7 Å². The van der Waals surface area contributed by atoms with Crippen LogP contribution in [0.4, 0.5) is 0 Å². The Balaban J connectivity index is 1.84. The second-order valence-electron chi connectivity index (χ2n) is 5.18. The quantitative estimate of drug-likeness (QED) is 0.499. The number of fused-ring (bicyclic) bond motifs is 1. The molecule has 0 radical (unpaired) electrons. The number of hydrogen-bond donors (Lipinski definition) is 4. The second-order valence-corrected chi connectivity index (χ2v) is 5.18. The SMILES string of the molecule is O=C1OCc2cccc(O[C@@H]3O[C@H](CO)[C@@H](O)[C@H](O)[C@H]3O)c21. The van der Waals surface area contributed by atoms with E-state index in [0.29, 0.717) is 5.56 Å². The van der Waals surface area contributed by atoms with Crippen molar-refractivity contribution in [1.29, 1.82) is 0 Å². The van der Waals surface area contributed by atoms with Gasteiger partial charge < -0.3 is 34.6 Å². The van der Waals surface area contributed by atoms with E-state index in [4.69, 9.17) is 19.3 Å². The number of hydrogen-bond acceptors (Lipinski definition) is 8. The summed E-state index contributed by atoms with van der Waals surface area (Å²) in [5.74, 6) is -0.403. The van der Waals surface area contributed by atoms with Gasteiger partial charge in [-0.05, 0) is 6.07 Å². The van der Waals surface area contributed by atoms with E-state index in [-0.39, 0.29) is 17.9 Å². The number of aliphatic hydroxyl groups excluding tert-OH is 4. The Morgan fingerprint density at radius 2 is 1.95 bits per heavy atom. The molecule has 0 unspecified atom stereocenters. The third-order valence-corrected chi connectivity index (χ3v) is 3.77. The molecule has 8 nitrogen and oxygen atoms in total. The Bertz CT molecular complexity index is 572. The third-order valence-electron chi connectivity index (χ3n) is 3.77. The lowest BCUT2D eigenvalue weighted by atomic mass is 9.99. The summed E-state index contributed by atoms with van der Waals surface area (Å²) in [4.78, 5) is 11.7. The molecule has 1 saturated heterocycles. The minimum Gasteiger partial charge on any atom is -0.461 e. The van der Waals surface area contributed by atoms with E-state index in [9.17, 15) is 20.1 Å². The van der Waals surface area contributed by atoms with E-state index in [1.54, 1.807) is 12.1 Å². The number of carbonyl (C=O) groups excluding carboxylic acids is 1. The molecule has 1 fully saturated rings. The summed E-state index contributed by atoms with van der Waals surface area (Å²) in [5.41, 5.74) is 0.881. The first-order valence-electron chi connectivity index (χ1n) is 6.79. The Hall–Kier alpha value is -1.71. The Morgan fingerprint density at radius 3 is 2.68 bits per heavy atom. The molecule has 2 heterocycles. The van der Waals surface area contributed by atoms with Crippen molar-refractivity contribution in [3.05, 3.63) is 29.3 Å². The molecule has 3 rings (SSSR count). The summed E-state index contributed by atoms with van der Waals surface area (Å²) >= 11 is 0. The molecule has 1 aromatic carbocycles. The Labute approximate surface area is 125 Å². The molecular weight excluding hydrogens is 296 g/mol. The number of ether oxygens (including phenoxy) is 3. The summed E-state index contributed by atoms with van der Waals surface area (Å²) in [5, 5.41) is 38.5. The number of rotatable bonds is 3. The van der Waals surface area contributed by atoms with Crippen molar-refractivity contribution < 1.29 is 39.4 Å². The highest BCUT2D eigenvalue weighted by atomic mass is 16.7. The van der Waals surface area contributed by atoms with Gasteiger partial charge in [0, 0.05) is 5.56 Å². The van der Waals surface area contributed by atoms with Gasteiger partial charge in [-0.1, -0.05) is 12.1 Å². The molecule has 0 aromatic heterocycles. The van der Waals surface area contributed by atoms with Crippen LogP contribution in [0.2, 0.25) is 0 Å². The second kappa shape index (κ2) is 5.82. The molecule has 22 heavy (non-hydrogen) atoms. The summed E-state index contributed by atoms with van der Waals surface area (Å²) in [7, 11) is 0. The van der Waals surface area contributed by atoms with Crippen molar-refractivity contribution in [3.63, 3.8) is 0 Å². The first kappa shape index (κ1) is 15.2. The first-order chi connectivity index (χ1) is 10.5. The third kappa shape index (κ3) is 2.44. The zero-order valence-electron chi connectivity index (χ0n) is 11.5. The molecule has 2 aliphatic rings. The number of cyclic esters (lactones) is 1. The van der Waals surface area contributed by atoms with Crippen LogP contribution in [0, 0.1) is 0 Å². The Kier molecular flexibility index (Phi) is 4.02. The van der Waals surface area contributed by atoms with Gasteiger partial charge in [0.05, 0.1) is 6.61 Å². The average Bonchev–Trinajstić information content (AvgIpc) is 2.90. The fourth-order valence-corrected chi connectivity index (χ4v) is 2.53. The largest absolute Gasteiger partial charge is 0.461 e. The normalized spacial score (nSPS) is 34.2. The van der Waals surface area contributed by atoms with Crippen LogP contribution in [0.25, 0.3) is 0 Å². The minimum absolute atomic E-state index is 0.139. The zero-order valence-corrected chi connectivity index (χ0v) is 11.5. The first-order valence-corrected chi connectivity index (χ1v) is 6.79. The number of carbonyl (C=O) groups is 1. The van der Waals surface area contributed by atoms with Crippen molar-refractivity contribution >= 4 is 5.97 Å². The summed E-state index contributed by atoms with van der Waals surface area (Å²) in [6, 6.07) is 4.87. The standard InChI is InChI=1S/C14H16O8/c15-4-8-10(16)11(17)12(18)14(22-8)21-7-3-1-2-6-5-20-13(19)9(6)7/h1-3,8,10-12,14-18H,4-5H2/t8-,10-,11+,12-,14-/m1/s1. The zero-order chi connectivity index (χ0) is 15.9. The van der Waals surface area contributed by atoms with Crippen LogP contribution in [0.1, 0.15) is 15.9 Å². The van der Waals surface area contributed by atoms with Gasteiger partial charge in [0.2, 0.25) is 6.29 Å². The monoisotopic (exact) mass is 312 g/mol. The highest BCUT2D eigenvalue weighted by molar-refractivity contribution is 5.96. The van der Waals surface area contributed by atoms with E-state index in [0.717, 1.165) is 0 Å². The van der Waals surface area contributed by atoms with Crippen molar-refractivity contribution in [2.75, 3.05) is 6.61 Å². The summed E-state index contributed by atoms with van der Waals surface area (Å²) < 4.78 is 15.6. The molecule has 0 aliphatic carbocycles. The predicted octanol–water partition coefficient (Wildman–Crippen LogP) is -1.46. The molecular formula is C14H16O8. The van der Waals surface area contributed by atoms with Gasteiger partial charge in [-0.25, -0.2) is 4.79 Å². The maximum atomic E-state index is 11.7. The fourth-order valence-electron chi connectivity index (χ4n) is 2.53. The average molecular weight is 312 g/mol. The van der Waals surface area contributed by atoms with Crippen molar-refractivity contribution in [3.8, 4) is 5.75 Å². The van der Waals surface area contributed by atoms with Crippen LogP contribution in [-0.2, 0) is 16.1 Å². The highest BCUT2D eigenvalue weighted by Gasteiger charge is 2.45. The van der Waals surface area contributed by atoms with Gasteiger partial charge in [-0.3, -0.25) is 0 Å². The van der Waals surface area contributed by atoms with E-state index >= 15 is 0 Å². The lowest BCUT2D eigenvalue weighted by Crippen LogP contribution is -2.60. The van der Waals surface area contributed by atoms with E-state index in [1.807, 2.05) is 0 Å². The number of aliphatic hydroxyl groups is 4. The summed E-state index contributed by atoms with van der Waals surface area (Å²) in [6.07, 6.45) is -6.96. The molecule has 5 atom stereocenters. The highest BCUT2D eigenvalue weighted by Crippen LogP contribution is 2.32. The van der Waals surface area contributed by atoms with Gasteiger partial charge in [0.15, 0.2) is 0 Å². The lowest BCUT2D eigenvalue weighted by molar-refractivity contribution is -0.277. The van der Waals surface area contributed by atoms with E-state index in [1.165, 1.54) is 6.07 Å². The summed E-state index contributed by atoms with van der Waals surface area (Å²) in [6.45, 7) is -0.417. The van der Waals surface area contributed by atoms with Crippen molar-refractivity contribution in [2.45, 2.75) is 37.3 Å². The number of benzene rings is 1. The van der Waals surface area contributed by atoms with Crippen LogP contribution in [0.3, 0.4) is 0 Å². The maximum Gasteiger partial charge on any atom is 0.342 e. The van der Waals surface area contributed by atoms with Gasteiger partial charge in [-0.15, -0.1) is 0 Å². The minimum atomic E-state index is -1.54. The van der Waals surface area contributed by atoms with E-state index < -0.39 is 43.3 Å². The smallest absolute Gasteiger partial charge is 0.342 e. The van der Waals surface area contributed by atoms with Crippen LogP contribution in [0.5, 0.6) is 5.75 Å². The molecule has 0 bridgehead atoms. The lowest BCUT2D eigenvalue weighted by Gasteiger charge is -2.39. The number of esters is 1. The van der Waals surface area contributed by atoms with Crippen molar-refractivity contribution in [2.24, 2.45) is 0 Å². The predicted molar refractivity (Wildman–Crippen MR) is 70.0 cm³/mol. The van der Waals surface area contributed by atoms with Crippen LogP contribution >= 0.6 is 0 Å².